The van der Waals surface area contributed by atoms with Crippen molar-refractivity contribution in [1.82, 2.24) is 19.7 Å². The third-order valence-electron chi connectivity index (χ3n) is 2.75. The van der Waals surface area contributed by atoms with Crippen LogP contribution in [0.5, 0.6) is 0 Å². The fraction of sp³-hybridized carbons (Fsp3) is 0.0833. The number of H-pyrrole nitrogens is 2. The first kappa shape index (κ1) is 10.5. The second kappa shape index (κ2) is 3.69. The van der Waals surface area contributed by atoms with E-state index in [4.69, 9.17) is 0 Å². The van der Waals surface area contributed by atoms with E-state index in [1.165, 1.54) is 0 Å². The second-order valence-electron chi connectivity index (χ2n) is 3.96. The molecule has 2 N–H and O–H groups in total. The summed E-state index contributed by atoms with van der Waals surface area (Å²) in [7, 11) is 0. The van der Waals surface area contributed by atoms with Crippen molar-refractivity contribution in [2.24, 2.45) is 0 Å². The smallest absolute Gasteiger partial charge is 0.291 e. The molecule has 0 amide bonds. The van der Waals surface area contributed by atoms with Crippen LogP contribution >= 0.6 is 0 Å². The lowest BCUT2D eigenvalue weighted by Gasteiger charge is -2.01. The Balaban J connectivity index is 2.46. The summed E-state index contributed by atoms with van der Waals surface area (Å²) in [6, 6.07) is 9.32. The summed E-state index contributed by atoms with van der Waals surface area (Å²) in [5, 5.41) is 4.69. The molecule has 0 atom stereocenters. The van der Waals surface area contributed by atoms with Crippen molar-refractivity contribution in [2.75, 3.05) is 0 Å². The lowest BCUT2D eigenvalue weighted by atomic mass is 10.3. The van der Waals surface area contributed by atoms with Gasteiger partial charge in [-0.3, -0.25) is 14.8 Å². The van der Waals surface area contributed by atoms with Crippen molar-refractivity contribution in [3.05, 3.63) is 56.9 Å². The fourth-order valence-corrected chi connectivity index (χ4v) is 1.97. The summed E-state index contributed by atoms with van der Waals surface area (Å²) in [5.41, 5.74) is 0.814. The van der Waals surface area contributed by atoms with Gasteiger partial charge in [-0.2, -0.15) is 5.10 Å². The summed E-state index contributed by atoms with van der Waals surface area (Å²) >= 11 is 0. The molecule has 3 rings (SSSR count). The number of nitrogens with one attached hydrogen (secondary N) is 2. The van der Waals surface area contributed by atoms with Gasteiger partial charge in [0, 0.05) is 0 Å². The Labute approximate surface area is 101 Å². The topological polar surface area (TPSA) is 83.5 Å². The van der Waals surface area contributed by atoms with E-state index in [1.54, 1.807) is 11.6 Å². The van der Waals surface area contributed by atoms with Crippen LogP contribution in [0.3, 0.4) is 0 Å². The van der Waals surface area contributed by atoms with E-state index in [9.17, 15) is 9.59 Å². The summed E-state index contributed by atoms with van der Waals surface area (Å²) < 4.78 is 1.56. The van der Waals surface area contributed by atoms with Crippen molar-refractivity contribution >= 4 is 11.0 Å². The van der Waals surface area contributed by atoms with Crippen LogP contribution < -0.4 is 11.2 Å². The monoisotopic (exact) mass is 242 g/mol. The van der Waals surface area contributed by atoms with Gasteiger partial charge < -0.3 is 0 Å². The average Bonchev–Trinajstić information content (AvgIpc) is 2.67. The molecule has 6 nitrogen and oxygen atoms in total. The van der Waals surface area contributed by atoms with Crippen molar-refractivity contribution < 1.29 is 0 Å². The maximum absolute atomic E-state index is 11.7. The standard InChI is InChI=1S/C12H10N4O2/c1-7-9-10(13-12(18)14-11(9)17)16(15-7)8-5-3-2-4-6-8/h2-6H,1H3,(H2,13,14,17,18). The predicted molar refractivity (Wildman–Crippen MR) is 67.0 cm³/mol. The van der Waals surface area contributed by atoms with Gasteiger partial charge in [0.15, 0.2) is 5.65 Å². The first-order chi connectivity index (χ1) is 8.66. The Bertz CT molecular complexity index is 827. The fourth-order valence-electron chi connectivity index (χ4n) is 1.97. The molecule has 0 saturated heterocycles. The zero-order valence-electron chi connectivity index (χ0n) is 9.60. The molecule has 0 fully saturated rings. The quantitative estimate of drug-likeness (QED) is 0.659. The number of fused-ring (bicyclic) bond motifs is 1. The molecular weight excluding hydrogens is 232 g/mol. The molecule has 0 unspecified atom stereocenters. The Hall–Kier alpha value is -2.63. The summed E-state index contributed by atoms with van der Waals surface area (Å²) in [6.45, 7) is 1.73. The number of benzene rings is 1. The first-order valence-corrected chi connectivity index (χ1v) is 5.44. The molecule has 0 bridgehead atoms. The van der Waals surface area contributed by atoms with Gasteiger partial charge in [-0.05, 0) is 19.1 Å². The lowest BCUT2D eigenvalue weighted by Crippen LogP contribution is -2.22. The van der Waals surface area contributed by atoms with Gasteiger partial charge in [-0.15, -0.1) is 0 Å². The lowest BCUT2D eigenvalue weighted by molar-refractivity contribution is 0.872. The number of hydrogen-bond donors (Lipinski definition) is 2. The van der Waals surface area contributed by atoms with Crippen LogP contribution in [0.1, 0.15) is 5.69 Å². The molecule has 0 aliphatic rings. The van der Waals surface area contributed by atoms with Crippen LogP contribution in [-0.4, -0.2) is 19.7 Å². The van der Waals surface area contributed by atoms with E-state index >= 15 is 0 Å². The molecule has 0 aliphatic carbocycles. The highest BCUT2D eigenvalue weighted by Crippen LogP contribution is 2.15. The third-order valence-corrected chi connectivity index (χ3v) is 2.75. The zero-order chi connectivity index (χ0) is 12.7. The maximum Gasteiger partial charge on any atom is 0.327 e. The number of para-hydroxylation sites is 1. The molecule has 90 valence electrons. The maximum atomic E-state index is 11.7. The molecule has 0 radical (unpaired) electrons. The Morgan fingerprint density at radius 3 is 2.56 bits per heavy atom. The van der Waals surface area contributed by atoms with Gasteiger partial charge >= 0.3 is 5.69 Å². The minimum atomic E-state index is -0.537. The second-order valence-corrected chi connectivity index (χ2v) is 3.96. The average molecular weight is 242 g/mol. The minimum Gasteiger partial charge on any atom is -0.291 e. The van der Waals surface area contributed by atoms with E-state index < -0.39 is 11.2 Å². The van der Waals surface area contributed by atoms with Gasteiger partial charge in [0.2, 0.25) is 0 Å². The molecule has 0 saturated carbocycles. The molecular formula is C12H10N4O2. The molecule has 1 aromatic carbocycles. The highest BCUT2D eigenvalue weighted by atomic mass is 16.2. The van der Waals surface area contributed by atoms with Gasteiger partial charge in [0.1, 0.15) is 5.39 Å². The molecule has 2 aromatic heterocycles. The van der Waals surface area contributed by atoms with Crippen molar-refractivity contribution in [3.8, 4) is 5.69 Å². The van der Waals surface area contributed by atoms with E-state index in [0.717, 1.165) is 5.69 Å². The molecule has 0 spiro atoms. The first-order valence-electron chi connectivity index (χ1n) is 5.44. The number of rotatable bonds is 1. The number of aromatic nitrogens is 4. The number of nitrogens with zero attached hydrogens (tertiary/aromatic N) is 2. The zero-order valence-corrected chi connectivity index (χ0v) is 9.60. The molecule has 2 heterocycles. The molecule has 3 aromatic rings. The van der Waals surface area contributed by atoms with Crippen molar-refractivity contribution in [2.45, 2.75) is 6.92 Å². The van der Waals surface area contributed by atoms with Crippen LogP contribution in [0.15, 0.2) is 39.9 Å². The van der Waals surface area contributed by atoms with Gasteiger partial charge in [-0.25, -0.2) is 9.48 Å². The largest absolute Gasteiger partial charge is 0.327 e. The van der Waals surface area contributed by atoms with E-state index in [1.807, 2.05) is 30.3 Å². The Morgan fingerprint density at radius 2 is 1.83 bits per heavy atom. The summed E-state index contributed by atoms with van der Waals surface area (Å²) in [4.78, 5) is 27.9. The highest BCUT2D eigenvalue weighted by molar-refractivity contribution is 5.78. The summed E-state index contributed by atoms with van der Waals surface area (Å²) in [6.07, 6.45) is 0. The number of aryl methyl sites for hydroxylation is 1. The third kappa shape index (κ3) is 1.46. The van der Waals surface area contributed by atoms with Crippen LogP contribution in [-0.2, 0) is 0 Å². The van der Waals surface area contributed by atoms with Gasteiger partial charge in [-0.1, -0.05) is 18.2 Å². The van der Waals surface area contributed by atoms with Crippen LogP contribution in [0.2, 0.25) is 0 Å². The molecule has 6 heteroatoms. The van der Waals surface area contributed by atoms with Crippen LogP contribution in [0.25, 0.3) is 16.7 Å². The SMILES string of the molecule is Cc1nn(-c2ccccc2)c2[nH]c(=O)[nH]c(=O)c12. The van der Waals surface area contributed by atoms with Crippen LogP contribution in [0, 0.1) is 6.92 Å². The molecule has 18 heavy (non-hydrogen) atoms. The van der Waals surface area contributed by atoms with E-state index in [-0.39, 0.29) is 0 Å². The normalized spacial score (nSPS) is 10.9. The predicted octanol–water partition coefficient (Wildman–Crippen LogP) is 0.711. The summed E-state index contributed by atoms with van der Waals surface area (Å²) in [5.74, 6) is 0. The molecule has 0 aliphatic heterocycles. The van der Waals surface area contributed by atoms with Crippen molar-refractivity contribution in [3.63, 3.8) is 0 Å². The van der Waals surface area contributed by atoms with E-state index in [0.29, 0.717) is 16.7 Å². The minimum absolute atomic E-state index is 0.401. The van der Waals surface area contributed by atoms with Crippen molar-refractivity contribution in [1.29, 1.82) is 0 Å². The highest BCUT2D eigenvalue weighted by Gasteiger charge is 2.12. The van der Waals surface area contributed by atoms with E-state index in [2.05, 4.69) is 15.1 Å². The Morgan fingerprint density at radius 1 is 1.11 bits per heavy atom. The Kier molecular flexibility index (Phi) is 2.16. The van der Waals surface area contributed by atoms with Gasteiger partial charge in [0.25, 0.3) is 5.56 Å². The van der Waals surface area contributed by atoms with Gasteiger partial charge in [0.05, 0.1) is 11.4 Å². The van der Waals surface area contributed by atoms with Crippen LogP contribution in [0.4, 0.5) is 0 Å². The number of hydrogen-bond acceptors (Lipinski definition) is 3. The number of aromatic amines is 2.